The van der Waals surface area contributed by atoms with Gasteiger partial charge in [0.2, 0.25) is 0 Å². The van der Waals surface area contributed by atoms with Crippen molar-refractivity contribution >= 4 is 17.8 Å². The zero-order valence-electron chi connectivity index (χ0n) is 11.2. The van der Waals surface area contributed by atoms with Crippen LogP contribution in [0, 0.1) is 5.82 Å². The Hall–Kier alpha value is -2.43. The third kappa shape index (κ3) is 2.77. The average Bonchev–Trinajstić information content (AvgIpc) is 2.67. The molecule has 0 saturated heterocycles. The van der Waals surface area contributed by atoms with E-state index in [-0.39, 0.29) is 29.5 Å². The van der Waals surface area contributed by atoms with Gasteiger partial charge in [-0.2, -0.15) is 0 Å². The second-order valence-electron chi connectivity index (χ2n) is 4.22. The second kappa shape index (κ2) is 5.69. The highest BCUT2D eigenvalue weighted by molar-refractivity contribution is 6.22. The van der Waals surface area contributed by atoms with Crippen LogP contribution in [-0.4, -0.2) is 23.4 Å². The smallest absolute Gasteiger partial charge is 0.343 e. The Morgan fingerprint density at radius 2 is 2.05 bits per heavy atom. The molecule has 0 spiro atoms. The van der Waals surface area contributed by atoms with Crippen molar-refractivity contribution < 1.29 is 19.0 Å². The maximum Gasteiger partial charge on any atom is 0.343 e. The van der Waals surface area contributed by atoms with Crippen LogP contribution in [0.2, 0.25) is 0 Å². The molecule has 0 amide bonds. The third-order valence-electron chi connectivity index (χ3n) is 2.78. The number of esters is 1. The summed E-state index contributed by atoms with van der Waals surface area (Å²) in [5.41, 5.74) is 1.40. The van der Waals surface area contributed by atoms with E-state index in [1.165, 1.54) is 12.1 Å². The minimum absolute atomic E-state index is 0.0696. The zero-order valence-corrected chi connectivity index (χ0v) is 11.2. The molecule has 2 rings (SSSR count). The summed E-state index contributed by atoms with van der Waals surface area (Å²) in [5.74, 6) is -1.16. The topological polar surface area (TPSA) is 58.9 Å². The lowest BCUT2D eigenvalue weighted by Crippen LogP contribution is -2.13. The fourth-order valence-electron chi connectivity index (χ4n) is 1.85. The summed E-state index contributed by atoms with van der Waals surface area (Å²) in [4.78, 5) is 15.8. The quantitative estimate of drug-likeness (QED) is 0.863. The van der Waals surface area contributed by atoms with Crippen molar-refractivity contribution in [2.24, 2.45) is 4.99 Å². The first kappa shape index (κ1) is 14.0. The number of hydrogen-bond acceptors (Lipinski definition) is 4. The summed E-state index contributed by atoms with van der Waals surface area (Å²) in [7, 11) is 0. The van der Waals surface area contributed by atoms with Gasteiger partial charge in [-0.05, 0) is 37.6 Å². The molecule has 1 heterocycles. The Morgan fingerprint density at radius 1 is 1.40 bits per heavy atom. The van der Waals surface area contributed by atoms with E-state index in [1.807, 2.05) is 0 Å². The van der Waals surface area contributed by atoms with Crippen LogP contribution < -0.4 is 0 Å². The standard InChI is InChI=1S/C15H14FNO3/c1-3-20-15(19)13-9(2)17-12(14(13)18)8-10-4-6-11(16)7-5-10/h4-8,18H,3H2,1-2H3. The van der Waals surface area contributed by atoms with Crippen molar-refractivity contribution in [3.8, 4) is 0 Å². The van der Waals surface area contributed by atoms with E-state index in [1.54, 1.807) is 32.1 Å². The number of ether oxygens (including phenoxy) is 1. The summed E-state index contributed by atoms with van der Waals surface area (Å²) in [6, 6.07) is 5.74. The Kier molecular flexibility index (Phi) is 3.98. The second-order valence-corrected chi connectivity index (χ2v) is 4.22. The molecule has 104 valence electrons. The number of halogens is 1. The van der Waals surface area contributed by atoms with Gasteiger partial charge in [0.05, 0.1) is 12.3 Å². The van der Waals surface area contributed by atoms with Crippen LogP contribution in [-0.2, 0) is 9.53 Å². The first-order chi connectivity index (χ1) is 9.52. The average molecular weight is 275 g/mol. The van der Waals surface area contributed by atoms with Crippen molar-refractivity contribution in [3.05, 3.63) is 52.7 Å². The molecule has 0 saturated carbocycles. The lowest BCUT2D eigenvalue weighted by atomic mass is 10.1. The van der Waals surface area contributed by atoms with Crippen LogP contribution in [0.5, 0.6) is 0 Å². The number of rotatable bonds is 3. The molecule has 20 heavy (non-hydrogen) atoms. The van der Waals surface area contributed by atoms with Crippen LogP contribution in [0.25, 0.3) is 6.08 Å². The van der Waals surface area contributed by atoms with E-state index >= 15 is 0 Å². The highest BCUT2D eigenvalue weighted by Crippen LogP contribution is 2.26. The molecule has 1 aromatic rings. The van der Waals surface area contributed by atoms with Crippen LogP contribution in [0.15, 0.2) is 46.3 Å². The number of hydrogen-bond donors (Lipinski definition) is 1. The summed E-state index contributed by atoms with van der Waals surface area (Å²) in [6.07, 6.45) is 1.57. The van der Waals surface area contributed by atoms with E-state index in [2.05, 4.69) is 4.99 Å². The van der Waals surface area contributed by atoms with Gasteiger partial charge in [-0.15, -0.1) is 0 Å². The normalized spacial score (nSPS) is 16.6. The van der Waals surface area contributed by atoms with Crippen molar-refractivity contribution in [2.45, 2.75) is 13.8 Å². The Labute approximate surface area is 115 Å². The van der Waals surface area contributed by atoms with Gasteiger partial charge in [0, 0.05) is 0 Å². The number of aliphatic imine (C=N–C) groups is 1. The summed E-state index contributed by atoms with van der Waals surface area (Å²) >= 11 is 0. The molecule has 5 heteroatoms. The number of aliphatic hydroxyl groups excluding tert-OH is 1. The van der Waals surface area contributed by atoms with E-state index in [0.29, 0.717) is 11.3 Å². The maximum absolute atomic E-state index is 12.8. The predicted octanol–water partition coefficient (Wildman–Crippen LogP) is 3.02. The zero-order chi connectivity index (χ0) is 14.7. The van der Waals surface area contributed by atoms with Gasteiger partial charge in [0.1, 0.15) is 17.1 Å². The van der Waals surface area contributed by atoms with Crippen LogP contribution in [0.4, 0.5) is 4.39 Å². The van der Waals surface area contributed by atoms with E-state index in [4.69, 9.17) is 4.74 Å². The van der Waals surface area contributed by atoms with Gasteiger partial charge in [-0.3, -0.25) is 0 Å². The molecule has 0 radical (unpaired) electrons. The van der Waals surface area contributed by atoms with Gasteiger partial charge >= 0.3 is 5.97 Å². The lowest BCUT2D eigenvalue weighted by molar-refractivity contribution is -0.138. The number of benzene rings is 1. The molecule has 0 atom stereocenters. The lowest BCUT2D eigenvalue weighted by Gasteiger charge is -2.02. The highest BCUT2D eigenvalue weighted by Gasteiger charge is 2.27. The van der Waals surface area contributed by atoms with Gasteiger partial charge in [-0.1, -0.05) is 12.1 Å². The molecule has 0 bridgehead atoms. The molecule has 0 aliphatic carbocycles. The molecule has 0 aromatic heterocycles. The molecule has 1 aliphatic heterocycles. The van der Waals surface area contributed by atoms with E-state index < -0.39 is 5.97 Å². The van der Waals surface area contributed by atoms with E-state index in [0.717, 1.165) is 0 Å². The first-order valence-electron chi connectivity index (χ1n) is 6.16. The van der Waals surface area contributed by atoms with Crippen molar-refractivity contribution in [2.75, 3.05) is 6.61 Å². The van der Waals surface area contributed by atoms with Gasteiger partial charge < -0.3 is 9.84 Å². The molecular formula is C15H14FNO3. The monoisotopic (exact) mass is 275 g/mol. The number of carbonyl (C=O) groups excluding carboxylic acids is 1. The molecule has 1 N–H and O–H groups in total. The fraction of sp³-hybridized carbons (Fsp3) is 0.200. The summed E-state index contributed by atoms with van der Waals surface area (Å²) < 4.78 is 17.7. The number of carbonyl (C=O) groups is 1. The van der Waals surface area contributed by atoms with Gasteiger partial charge in [-0.25, -0.2) is 14.2 Å². The van der Waals surface area contributed by atoms with Crippen molar-refractivity contribution in [3.63, 3.8) is 0 Å². The molecule has 1 aromatic carbocycles. The molecular weight excluding hydrogens is 261 g/mol. The van der Waals surface area contributed by atoms with Crippen LogP contribution in [0.3, 0.4) is 0 Å². The fourth-order valence-corrected chi connectivity index (χ4v) is 1.85. The molecule has 4 nitrogen and oxygen atoms in total. The highest BCUT2D eigenvalue weighted by atomic mass is 19.1. The largest absolute Gasteiger partial charge is 0.505 e. The minimum Gasteiger partial charge on any atom is -0.505 e. The predicted molar refractivity (Wildman–Crippen MR) is 73.8 cm³/mol. The van der Waals surface area contributed by atoms with Gasteiger partial charge in [0.25, 0.3) is 0 Å². The van der Waals surface area contributed by atoms with Crippen molar-refractivity contribution in [1.82, 2.24) is 0 Å². The van der Waals surface area contributed by atoms with E-state index in [9.17, 15) is 14.3 Å². The first-order valence-corrected chi connectivity index (χ1v) is 6.16. The number of aliphatic hydroxyl groups is 1. The van der Waals surface area contributed by atoms with Crippen molar-refractivity contribution in [1.29, 1.82) is 0 Å². The van der Waals surface area contributed by atoms with Gasteiger partial charge in [0.15, 0.2) is 5.76 Å². The van der Waals surface area contributed by atoms with Crippen LogP contribution in [0.1, 0.15) is 19.4 Å². The number of nitrogens with zero attached hydrogens (tertiary/aromatic N) is 1. The molecule has 0 fully saturated rings. The maximum atomic E-state index is 12.8. The van der Waals surface area contributed by atoms with Crippen LogP contribution >= 0.6 is 0 Å². The molecule has 1 aliphatic rings. The third-order valence-corrected chi connectivity index (χ3v) is 2.78. The Bertz CT molecular complexity index is 627. The SMILES string of the molecule is CCOC(=O)C1=C(O)C(=Cc2ccc(F)cc2)N=C1C. The molecule has 0 unspecified atom stereocenters. The minimum atomic E-state index is -0.603. The Balaban J connectivity index is 2.35. The summed E-state index contributed by atoms with van der Waals surface area (Å²) in [6.45, 7) is 3.53. The Morgan fingerprint density at radius 3 is 2.65 bits per heavy atom. The summed E-state index contributed by atoms with van der Waals surface area (Å²) in [5, 5.41) is 10.1.